The van der Waals surface area contributed by atoms with E-state index in [0.29, 0.717) is 0 Å². The molecule has 0 aromatic heterocycles. The first-order valence-corrected chi connectivity index (χ1v) is 6.24. The standard InChI is InChI=1S/C12H24N2O.ClH/c1-13-9-4-10-14-12(15)8-7-11-5-2-3-6-11;/h11,13H,2-10H2,1H3,(H,14,15);1H. The lowest BCUT2D eigenvalue weighted by Gasteiger charge is -2.08. The maximum atomic E-state index is 11.4. The van der Waals surface area contributed by atoms with Gasteiger partial charge in [-0.05, 0) is 32.4 Å². The molecule has 0 bridgehead atoms. The van der Waals surface area contributed by atoms with Crippen molar-refractivity contribution in [2.45, 2.75) is 44.9 Å². The summed E-state index contributed by atoms with van der Waals surface area (Å²) in [7, 11) is 1.93. The van der Waals surface area contributed by atoms with Gasteiger partial charge in [0.15, 0.2) is 0 Å². The van der Waals surface area contributed by atoms with Crippen molar-refractivity contribution >= 4 is 18.3 Å². The number of hydrogen-bond acceptors (Lipinski definition) is 2. The second-order valence-corrected chi connectivity index (χ2v) is 4.50. The molecule has 1 aliphatic rings. The highest BCUT2D eigenvalue weighted by molar-refractivity contribution is 5.85. The molecular weight excluding hydrogens is 224 g/mol. The number of hydrogen-bond donors (Lipinski definition) is 2. The predicted molar refractivity (Wildman–Crippen MR) is 70.0 cm³/mol. The Hall–Kier alpha value is -0.280. The highest BCUT2D eigenvalue weighted by atomic mass is 35.5. The Bertz CT molecular complexity index is 182. The van der Waals surface area contributed by atoms with Crippen molar-refractivity contribution < 1.29 is 4.79 Å². The summed E-state index contributed by atoms with van der Waals surface area (Å²) in [6.45, 7) is 1.78. The minimum absolute atomic E-state index is 0. The number of nitrogens with one attached hydrogen (secondary N) is 2. The highest BCUT2D eigenvalue weighted by Crippen LogP contribution is 2.28. The Labute approximate surface area is 105 Å². The third-order valence-electron chi connectivity index (χ3n) is 3.18. The normalized spacial score (nSPS) is 15.8. The molecule has 1 aliphatic carbocycles. The molecule has 4 heteroatoms. The van der Waals surface area contributed by atoms with E-state index in [1.54, 1.807) is 0 Å². The Morgan fingerprint density at radius 1 is 1.25 bits per heavy atom. The van der Waals surface area contributed by atoms with E-state index in [2.05, 4.69) is 10.6 Å². The molecule has 1 rings (SSSR count). The molecule has 0 unspecified atom stereocenters. The van der Waals surface area contributed by atoms with Gasteiger partial charge in [-0.3, -0.25) is 4.79 Å². The van der Waals surface area contributed by atoms with Gasteiger partial charge >= 0.3 is 0 Å². The average molecular weight is 249 g/mol. The van der Waals surface area contributed by atoms with Crippen LogP contribution < -0.4 is 10.6 Å². The van der Waals surface area contributed by atoms with E-state index in [4.69, 9.17) is 0 Å². The minimum atomic E-state index is 0. The molecule has 16 heavy (non-hydrogen) atoms. The monoisotopic (exact) mass is 248 g/mol. The second kappa shape index (κ2) is 9.91. The first-order chi connectivity index (χ1) is 7.33. The van der Waals surface area contributed by atoms with Crippen LogP contribution in [0.2, 0.25) is 0 Å². The smallest absolute Gasteiger partial charge is 0.220 e. The van der Waals surface area contributed by atoms with E-state index in [1.165, 1.54) is 25.7 Å². The van der Waals surface area contributed by atoms with Crippen molar-refractivity contribution in [2.24, 2.45) is 5.92 Å². The van der Waals surface area contributed by atoms with Gasteiger partial charge in [-0.1, -0.05) is 25.7 Å². The van der Waals surface area contributed by atoms with Gasteiger partial charge in [0.1, 0.15) is 0 Å². The summed E-state index contributed by atoms with van der Waals surface area (Å²) in [5.41, 5.74) is 0. The van der Waals surface area contributed by atoms with Gasteiger partial charge in [-0.25, -0.2) is 0 Å². The molecule has 1 saturated carbocycles. The Balaban J connectivity index is 0.00000225. The van der Waals surface area contributed by atoms with Crippen molar-refractivity contribution in [3.63, 3.8) is 0 Å². The van der Waals surface area contributed by atoms with E-state index in [0.717, 1.165) is 38.3 Å². The van der Waals surface area contributed by atoms with Crippen molar-refractivity contribution in [2.75, 3.05) is 20.1 Å². The van der Waals surface area contributed by atoms with Crippen LogP contribution in [0.25, 0.3) is 0 Å². The molecule has 2 N–H and O–H groups in total. The van der Waals surface area contributed by atoms with Crippen LogP contribution in [0.4, 0.5) is 0 Å². The summed E-state index contributed by atoms with van der Waals surface area (Å²) in [6.07, 6.45) is 8.26. The van der Waals surface area contributed by atoms with Crippen LogP contribution in [0.5, 0.6) is 0 Å². The minimum Gasteiger partial charge on any atom is -0.356 e. The first-order valence-electron chi connectivity index (χ1n) is 6.24. The molecule has 0 atom stereocenters. The van der Waals surface area contributed by atoms with E-state index < -0.39 is 0 Å². The molecule has 0 saturated heterocycles. The van der Waals surface area contributed by atoms with Crippen molar-refractivity contribution in [1.29, 1.82) is 0 Å². The number of halogens is 1. The molecule has 0 aromatic rings. The van der Waals surface area contributed by atoms with Crippen molar-refractivity contribution in [3.8, 4) is 0 Å². The van der Waals surface area contributed by atoms with Crippen LogP contribution >= 0.6 is 12.4 Å². The molecular formula is C12H25ClN2O. The molecule has 96 valence electrons. The predicted octanol–water partition coefficient (Wildman–Crippen LogP) is 2.10. The van der Waals surface area contributed by atoms with E-state index >= 15 is 0 Å². The average Bonchev–Trinajstić information content (AvgIpc) is 2.74. The van der Waals surface area contributed by atoms with Crippen LogP contribution in [0, 0.1) is 5.92 Å². The van der Waals surface area contributed by atoms with E-state index in [1.807, 2.05) is 7.05 Å². The largest absolute Gasteiger partial charge is 0.356 e. The summed E-state index contributed by atoms with van der Waals surface area (Å²) in [5, 5.41) is 6.03. The fourth-order valence-corrected chi connectivity index (χ4v) is 2.22. The van der Waals surface area contributed by atoms with E-state index in [9.17, 15) is 4.79 Å². The molecule has 0 aliphatic heterocycles. The lowest BCUT2D eigenvalue weighted by molar-refractivity contribution is -0.121. The Kier molecular flexibility index (Phi) is 9.74. The first kappa shape index (κ1) is 15.7. The van der Waals surface area contributed by atoms with Gasteiger partial charge in [0.2, 0.25) is 5.91 Å². The molecule has 0 spiro atoms. The maximum absolute atomic E-state index is 11.4. The van der Waals surface area contributed by atoms with Crippen LogP contribution in [-0.4, -0.2) is 26.0 Å². The third-order valence-corrected chi connectivity index (χ3v) is 3.18. The SMILES string of the molecule is CNCCCNC(=O)CCC1CCCC1.Cl. The number of amides is 1. The van der Waals surface area contributed by atoms with Gasteiger partial charge < -0.3 is 10.6 Å². The van der Waals surface area contributed by atoms with Crippen LogP contribution in [0.3, 0.4) is 0 Å². The molecule has 1 amide bonds. The number of rotatable bonds is 7. The highest BCUT2D eigenvalue weighted by Gasteiger charge is 2.15. The molecule has 0 heterocycles. The molecule has 3 nitrogen and oxygen atoms in total. The van der Waals surface area contributed by atoms with Gasteiger partial charge in [0.05, 0.1) is 0 Å². The quantitative estimate of drug-likeness (QED) is 0.678. The number of carbonyl (C=O) groups is 1. The fourth-order valence-electron chi connectivity index (χ4n) is 2.22. The third kappa shape index (κ3) is 7.07. The topological polar surface area (TPSA) is 41.1 Å². The zero-order chi connectivity index (χ0) is 10.9. The van der Waals surface area contributed by atoms with Crippen molar-refractivity contribution in [3.05, 3.63) is 0 Å². The fraction of sp³-hybridized carbons (Fsp3) is 0.917. The summed E-state index contributed by atoms with van der Waals surface area (Å²) < 4.78 is 0. The zero-order valence-electron chi connectivity index (χ0n) is 10.3. The Morgan fingerprint density at radius 2 is 1.94 bits per heavy atom. The maximum Gasteiger partial charge on any atom is 0.220 e. The zero-order valence-corrected chi connectivity index (χ0v) is 11.1. The van der Waals surface area contributed by atoms with Crippen LogP contribution in [-0.2, 0) is 4.79 Å². The van der Waals surface area contributed by atoms with Gasteiger partial charge in [-0.15, -0.1) is 12.4 Å². The van der Waals surface area contributed by atoms with Gasteiger partial charge in [0.25, 0.3) is 0 Å². The summed E-state index contributed by atoms with van der Waals surface area (Å²) in [4.78, 5) is 11.4. The summed E-state index contributed by atoms with van der Waals surface area (Å²) in [6, 6.07) is 0. The van der Waals surface area contributed by atoms with Crippen molar-refractivity contribution in [1.82, 2.24) is 10.6 Å². The van der Waals surface area contributed by atoms with Crippen LogP contribution in [0.1, 0.15) is 44.9 Å². The Morgan fingerprint density at radius 3 is 2.56 bits per heavy atom. The van der Waals surface area contributed by atoms with Gasteiger partial charge in [0, 0.05) is 13.0 Å². The second-order valence-electron chi connectivity index (χ2n) is 4.50. The molecule has 0 aromatic carbocycles. The summed E-state index contributed by atoms with van der Waals surface area (Å²) in [5.74, 6) is 1.06. The molecule has 0 radical (unpaired) electrons. The lowest BCUT2D eigenvalue weighted by atomic mass is 10.0. The molecule has 1 fully saturated rings. The van der Waals surface area contributed by atoms with E-state index in [-0.39, 0.29) is 18.3 Å². The van der Waals surface area contributed by atoms with Gasteiger partial charge in [-0.2, -0.15) is 0 Å². The summed E-state index contributed by atoms with van der Waals surface area (Å²) >= 11 is 0. The number of carbonyl (C=O) groups excluding carboxylic acids is 1. The van der Waals surface area contributed by atoms with Crippen LogP contribution in [0.15, 0.2) is 0 Å². The lowest BCUT2D eigenvalue weighted by Crippen LogP contribution is -2.26.